The maximum absolute atomic E-state index is 12.3. The molecule has 2 aromatic rings. The number of fused-ring (bicyclic) bond motifs is 2. The molecule has 1 amide bonds. The summed E-state index contributed by atoms with van der Waals surface area (Å²) in [4.78, 5) is 17.6. The summed E-state index contributed by atoms with van der Waals surface area (Å²) in [7, 11) is 0. The zero-order valence-electron chi connectivity index (χ0n) is 15.8. The fourth-order valence-corrected chi connectivity index (χ4v) is 4.76. The van der Waals surface area contributed by atoms with Gasteiger partial charge in [-0.25, -0.2) is 0 Å². The second-order valence-electron chi connectivity index (χ2n) is 7.64. The van der Waals surface area contributed by atoms with Crippen LogP contribution in [0.1, 0.15) is 48.4 Å². The number of aromatic hydroxyl groups is 1. The zero-order chi connectivity index (χ0) is 19.8. The molecule has 3 unspecified atom stereocenters. The van der Waals surface area contributed by atoms with Crippen molar-refractivity contribution in [1.29, 1.82) is 0 Å². The molecule has 1 aromatic carbocycles. The highest BCUT2D eigenvalue weighted by Gasteiger charge is 2.44. The van der Waals surface area contributed by atoms with Gasteiger partial charge in [0.2, 0.25) is 5.91 Å². The van der Waals surface area contributed by atoms with Gasteiger partial charge in [-0.05, 0) is 56.0 Å². The molecule has 6 N–H and O–H groups in total. The molecular weight excluding hydrogens is 352 g/mol. The van der Waals surface area contributed by atoms with Gasteiger partial charge in [-0.2, -0.15) is 0 Å². The molecule has 2 saturated heterocycles. The minimum Gasteiger partial charge on any atom is -0.507 e. The van der Waals surface area contributed by atoms with Crippen LogP contribution in [0.15, 0.2) is 43.0 Å². The lowest BCUT2D eigenvalue weighted by Crippen LogP contribution is -2.46. The van der Waals surface area contributed by atoms with Crippen molar-refractivity contribution in [3.05, 3.63) is 59.8 Å². The Morgan fingerprint density at radius 3 is 2.75 bits per heavy atom. The molecule has 2 fully saturated rings. The van der Waals surface area contributed by atoms with Gasteiger partial charge in [0, 0.05) is 40.5 Å². The number of nitrogens with two attached hydrogens (primary N) is 2. The summed E-state index contributed by atoms with van der Waals surface area (Å²) in [5, 5.41) is 10.0. The molecule has 1 aromatic heterocycles. The van der Waals surface area contributed by atoms with Crippen LogP contribution in [-0.4, -0.2) is 33.0 Å². The SMILES string of the molecule is C=CC(=O)N1C2CCC(c3cc(/C=C(\N)c4ccccc4O)c(N)[nH]3)C1CC2. The Morgan fingerprint density at radius 2 is 2.00 bits per heavy atom. The predicted octanol–water partition coefficient (Wildman–Crippen LogP) is 3.18. The number of amides is 1. The summed E-state index contributed by atoms with van der Waals surface area (Å²) in [5.41, 5.74) is 15.2. The van der Waals surface area contributed by atoms with Crippen LogP contribution >= 0.6 is 0 Å². The molecule has 0 saturated carbocycles. The number of piperidine rings is 1. The van der Waals surface area contributed by atoms with Crippen LogP contribution in [0.4, 0.5) is 5.82 Å². The van der Waals surface area contributed by atoms with Crippen LogP contribution in [0, 0.1) is 0 Å². The van der Waals surface area contributed by atoms with Crippen molar-refractivity contribution in [2.24, 2.45) is 5.73 Å². The van der Waals surface area contributed by atoms with E-state index in [2.05, 4.69) is 11.6 Å². The first-order valence-corrected chi connectivity index (χ1v) is 9.68. The van der Waals surface area contributed by atoms with Crippen LogP contribution in [0.3, 0.4) is 0 Å². The first-order chi connectivity index (χ1) is 13.5. The smallest absolute Gasteiger partial charge is 0.246 e. The number of phenolic OH excluding ortho intramolecular Hbond substituents is 1. The third-order valence-corrected chi connectivity index (χ3v) is 6.08. The van der Waals surface area contributed by atoms with Crippen LogP contribution < -0.4 is 11.5 Å². The lowest BCUT2D eigenvalue weighted by Gasteiger charge is -2.39. The van der Waals surface area contributed by atoms with Gasteiger partial charge in [-0.1, -0.05) is 18.7 Å². The van der Waals surface area contributed by atoms with Crippen molar-refractivity contribution in [2.45, 2.75) is 43.7 Å². The zero-order valence-corrected chi connectivity index (χ0v) is 15.8. The Labute approximate surface area is 164 Å². The maximum atomic E-state index is 12.3. The molecule has 4 rings (SSSR count). The van der Waals surface area contributed by atoms with E-state index in [-0.39, 0.29) is 23.6 Å². The number of nitrogen functional groups attached to an aromatic ring is 1. The van der Waals surface area contributed by atoms with Crippen molar-refractivity contribution in [2.75, 3.05) is 5.73 Å². The first-order valence-electron chi connectivity index (χ1n) is 9.68. The van der Waals surface area contributed by atoms with Gasteiger partial charge in [0.1, 0.15) is 11.6 Å². The minimum absolute atomic E-state index is 0.0145. The van der Waals surface area contributed by atoms with Gasteiger partial charge in [-0.3, -0.25) is 4.79 Å². The summed E-state index contributed by atoms with van der Waals surface area (Å²) < 4.78 is 0. The van der Waals surface area contributed by atoms with Gasteiger partial charge < -0.3 is 26.5 Å². The van der Waals surface area contributed by atoms with Gasteiger partial charge in [0.15, 0.2) is 0 Å². The van der Waals surface area contributed by atoms with Crippen molar-refractivity contribution < 1.29 is 9.90 Å². The largest absolute Gasteiger partial charge is 0.507 e. The lowest BCUT2D eigenvalue weighted by atomic mass is 9.87. The summed E-state index contributed by atoms with van der Waals surface area (Å²) in [5.74, 6) is 0.905. The molecule has 0 spiro atoms. The van der Waals surface area contributed by atoms with Crippen LogP contribution in [0.2, 0.25) is 0 Å². The molecule has 0 aliphatic carbocycles. The predicted molar refractivity (Wildman–Crippen MR) is 111 cm³/mol. The highest BCUT2D eigenvalue weighted by Crippen LogP contribution is 2.44. The minimum atomic E-state index is 0.0145. The van der Waals surface area contributed by atoms with E-state index in [9.17, 15) is 9.90 Å². The molecule has 3 heterocycles. The third kappa shape index (κ3) is 3.05. The molecule has 2 bridgehead atoms. The first kappa shape index (κ1) is 18.2. The normalized spacial score (nSPS) is 24.4. The molecule has 0 radical (unpaired) electrons. The van der Waals surface area contributed by atoms with E-state index >= 15 is 0 Å². The number of para-hydroxylation sites is 1. The van der Waals surface area contributed by atoms with Gasteiger partial charge in [-0.15, -0.1) is 0 Å². The van der Waals surface area contributed by atoms with Gasteiger partial charge in [0.05, 0.1) is 0 Å². The molecular formula is C22H26N4O2. The Balaban J connectivity index is 1.63. The molecule has 2 aliphatic rings. The van der Waals surface area contributed by atoms with E-state index in [1.807, 2.05) is 17.0 Å². The third-order valence-electron chi connectivity index (χ3n) is 6.08. The van der Waals surface area contributed by atoms with Gasteiger partial charge in [0.25, 0.3) is 0 Å². The van der Waals surface area contributed by atoms with E-state index in [0.717, 1.165) is 36.9 Å². The molecule has 28 heavy (non-hydrogen) atoms. The van der Waals surface area contributed by atoms with Crippen molar-refractivity contribution in [1.82, 2.24) is 9.88 Å². The topological polar surface area (TPSA) is 108 Å². The number of nitrogens with one attached hydrogen (secondary N) is 1. The van der Waals surface area contributed by atoms with E-state index in [1.165, 1.54) is 6.08 Å². The molecule has 3 atom stereocenters. The maximum Gasteiger partial charge on any atom is 0.246 e. The Bertz CT molecular complexity index is 946. The number of hydrogen-bond acceptors (Lipinski definition) is 4. The number of aromatic amines is 1. The van der Waals surface area contributed by atoms with Crippen LogP contribution in [-0.2, 0) is 4.79 Å². The summed E-state index contributed by atoms with van der Waals surface area (Å²) in [6, 6.07) is 9.47. The van der Waals surface area contributed by atoms with Crippen molar-refractivity contribution in [3.63, 3.8) is 0 Å². The van der Waals surface area contributed by atoms with Crippen molar-refractivity contribution >= 4 is 23.5 Å². The Hall–Kier alpha value is -3.15. The number of hydrogen-bond donors (Lipinski definition) is 4. The highest BCUT2D eigenvalue weighted by atomic mass is 16.3. The number of rotatable bonds is 4. The average molecular weight is 378 g/mol. The number of nitrogens with zero attached hydrogens (tertiary/aromatic N) is 1. The second-order valence-corrected chi connectivity index (χ2v) is 7.64. The monoisotopic (exact) mass is 378 g/mol. The number of phenols is 1. The van der Waals surface area contributed by atoms with E-state index in [0.29, 0.717) is 23.1 Å². The summed E-state index contributed by atoms with van der Waals surface area (Å²) >= 11 is 0. The number of carbonyl (C=O) groups excluding carboxylic acids is 1. The standard InChI is InChI=1S/C22H26N4O2/c1-2-21(28)26-14-7-9-16(19(26)10-8-14)18-12-13(22(24)25-18)11-17(23)15-5-3-4-6-20(15)27/h2-6,11-12,14,16,19,25,27H,1,7-10,23-24H2/b17-11-. The summed E-state index contributed by atoms with van der Waals surface area (Å²) in [6.07, 6.45) is 7.25. The van der Waals surface area contributed by atoms with Crippen LogP contribution in [0.5, 0.6) is 5.75 Å². The fraction of sp³-hybridized carbons (Fsp3) is 0.318. The number of anilines is 1. The Kier molecular flexibility index (Phi) is 4.63. The van der Waals surface area contributed by atoms with Crippen LogP contribution in [0.25, 0.3) is 11.8 Å². The molecule has 6 heteroatoms. The number of H-pyrrole nitrogens is 1. The van der Waals surface area contributed by atoms with E-state index < -0.39 is 0 Å². The molecule has 6 nitrogen and oxygen atoms in total. The molecule has 2 aliphatic heterocycles. The number of carbonyl (C=O) groups is 1. The highest BCUT2D eigenvalue weighted by molar-refractivity contribution is 5.88. The van der Waals surface area contributed by atoms with E-state index in [1.54, 1.807) is 24.3 Å². The lowest BCUT2D eigenvalue weighted by molar-refractivity contribution is -0.130. The fourth-order valence-electron chi connectivity index (χ4n) is 4.76. The van der Waals surface area contributed by atoms with Gasteiger partial charge >= 0.3 is 0 Å². The quantitative estimate of drug-likeness (QED) is 0.613. The average Bonchev–Trinajstić information content (AvgIpc) is 3.19. The number of benzene rings is 1. The summed E-state index contributed by atoms with van der Waals surface area (Å²) in [6.45, 7) is 3.66. The Morgan fingerprint density at radius 1 is 1.25 bits per heavy atom. The number of aromatic nitrogens is 1. The van der Waals surface area contributed by atoms with Crippen molar-refractivity contribution in [3.8, 4) is 5.75 Å². The van der Waals surface area contributed by atoms with E-state index in [4.69, 9.17) is 11.5 Å². The second kappa shape index (κ2) is 7.11. The molecule has 146 valence electrons.